The number of benzene rings is 1. The van der Waals surface area contributed by atoms with Crippen LogP contribution in [0.4, 0.5) is 5.95 Å². The standard InChI is InChI=1S/C22H29N5O/c1-17-7-6-10-26(15-17)22-23-13-19(14-24-22)21(28)27-12-11-25(2)16-20(27)18-8-4-3-5-9-18/h3-5,8-9,13-14,17,20H,6-7,10-12,15-16H2,1-2H3/t17-,20+/m0/s1. The number of piperidine rings is 1. The van der Waals surface area contributed by atoms with Crippen LogP contribution >= 0.6 is 0 Å². The van der Waals surface area contributed by atoms with Gasteiger partial charge in [0.15, 0.2) is 0 Å². The Bertz CT molecular complexity index is 794. The van der Waals surface area contributed by atoms with E-state index in [0.717, 1.165) is 32.1 Å². The van der Waals surface area contributed by atoms with Gasteiger partial charge >= 0.3 is 0 Å². The number of anilines is 1. The molecule has 0 bridgehead atoms. The molecule has 6 heteroatoms. The van der Waals surface area contributed by atoms with Crippen LogP contribution in [0.1, 0.15) is 41.7 Å². The van der Waals surface area contributed by atoms with Crippen LogP contribution in [0.2, 0.25) is 0 Å². The van der Waals surface area contributed by atoms with E-state index in [4.69, 9.17) is 0 Å². The van der Waals surface area contributed by atoms with Crippen molar-refractivity contribution in [3.8, 4) is 0 Å². The van der Waals surface area contributed by atoms with Crippen molar-refractivity contribution in [2.45, 2.75) is 25.8 Å². The summed E-state index contributed by atoms with van der Waals surface area (Å²) in [6, 6.07) is 10.3. The zero-order valence-electron chi connectivity index (χ0n) is 16.8. The third-order valence-electron chi connectivity index (χ3n) is 5.85. The first kappa shape index (κ1) is 18.9. The van der Waals surface area contributed by atoms with E-state index in [2.05, 4.69) is 45.9 Å². The van der Waals surface area contributed by atoms with Crippen molar-refractivity contribution in [1.82, 2.24) is 19.8 Å². The number of hydrogen-bond acceptors (Lipinski definition) is 5. The Hall–Kier alpha value is -2.47. The van der Waals surface area contributed by atoms with Gasteiger partial charge in [0.2, 0.25) is 5.95 Å². The molecule has 1 amide bonds. The maximum atomic E-state index is 13.2. The molecule has 2 aliphatic rings. The minimum atomic E-state index is 0.0144. The van der Waals surface area contributed by atoms with Gasteiger partial charge in [-0.2, -0.15) is 0 Å². The average molecular weight is 380 g/mol. The summed E-state index contributed by atoms with van der Waals surface area (Å²) in [4.78, 5) is 28.8. The summed E-state index contributed by atoms with van der Waals surface area (Å²) in [5, 5.41) is 0. The number of amides is 1. The fourth-order valence-corrected chi connectivity index (χ4v) is 4.25. The molecule has 2 fully saturated rings. The van der Waals surface area contributed by atoms with Crippen LogP contribution in [-0.2, 0) is 0 Å². The Morgan fingerprint density at radius 2 is 1.79 bits per heavy atom. The summed E-state index contributed by atoms with van der Waals surface area (Å²) < 4.78 is 0. The first-order valence-electron chi connectivity index (χ1n) is 10.2. The smallest absolute Gasteiger partial charge is 0.257 e. The lowest BCUT2D eigenvalue weighted by Crippen LogP contribution is -2.49. The number of nitrogens with zero attached hydrogens (tertiary/aromatic N) is 5. The second kappa shape index (κ2) is 8.27. The van der Waals surface area contributed by atoms with Crippen LogP contribution in [0.25, 0.3) is 0 Å². The molecular weight excluding hydrogens is 350 g/mol. The quantitative estimate of drug-likeness (QED) is 0.821. The lowest BCUT2D eigenvalue weighted by molar-refractivity contribution is 0.0497. The minimum absolute atomic E-state index is 0.0144. The van der Waals surface area contributed by atoms with Crippen LogP contribution in [0.3, 0.4) is 0 Å². The van der Waals surface area contributed by atoms with Crippen LogP contribution in [-0.4, -0.2) is 65.4 Å². The van der Waals surface area contributed by atoms with Crippen molar-refractivity contribution in [2.24, 2.45) is 5.92 Å². The highest BCUT2D eigenvalue weighted by atomic mass is 16.2. The van der Waals surface area contributed by atoms with E-state index in [1.165, 1.54) is 18.4 Å². The van der Waals surface area contributed by atoms with Gasteiger partial charge in [-0.25, -0.2) is 9.97 Å². The summed E-state index contributed by atoms with van der Waals surface area (Å²) in [5.41, 5.74) is 1.74. The molecule has 4 rings (SSSR count). The summed E-state index contributed by atoms with van der Waals surface area (Å²) in [6.45, 7) is 6.66. The van der Waals surface area contributed by atoms with E-state index >= 15 is 0 Å². The molecule has 2 atom stereocenters. The van der Waals surface area contributed by atoms with Gasteiger partial charge in [0.25, 0.3) is 5.91 Å². The summed E-state index contributed by atoms with van der Waals surface area (Å²) in [7, 11) is 2.11. The molecule has 148 valence electrons. The van der Waals surface area contributed by atoms with Crippen molar-refractivity contribution >= 4 is 11.9 Å². The number of carbonyl (C=O) groups is 1. The largest absolute Gasteiger partial charge is 0.341 e. The maximum absolute atomic E-state index is 13.2. The molecule has 0 saturated carbocycles. The number of likely N-dealkylation sites (N-methyl/N-ethyl adjacent to an activating group) is 1. The van der Waals surface area contributed by atoms with E-state index in [9.17, 15) is 4.79 Å². The fraction of sp³-hybridized carbons (Fsp3) is 0.500. The van der Waals surface area contributed by atoms with E-state index in [1.54, 1.807) is 12.4 Å². The normalized spacial score (nSPS) is 23.6. The molecular formula is C22H29N5O. The summed E-state index contributed by atoms with van der Waals surface area (Å²) in [5.74, 6) is 1.41. The predicted octanol–water partition coefficient (Wildman–Crippen LogP) is 2.84. The highest BCUT2D eigenvalue weighted by molar-refractivity contribution is 5.94. The number of aromatic nitrogens is 2. The van der Waals surface area contributed by atoms with Gasteiger partial charge in [-0.1, -0.05) is 37.3 Å². The third kappa shape index (κ3) is 4.02. The van der Waals surface area contributed by atoms with Crippen molar-refractivity contribution in [3.05, 3.63) is 53.9 Å². The first-order chi connectivity index (χ1) is 13.6. The Balaban J connectivity index is 1.52. The molecule has 0 radical (unpaired) electrons. The molecule has 0 N–H and O–H groups in total. The lowest BCUT2D eigenvalue weighted by atomic mass is 10.0. The number of piperazine rings is 1. The SMILES string of the molecule is C[C@H]1CCCN(c2ncc(C(=O)N3CCN(C)C[C@@H]3c3ccccc3)cn2)C1. The van der Waals surface area contributed by atoms with Gasteiger partial charge in [0.05, 0.1) is 11.6 Å². The van der Waals surface area contributed by atoms with E-state index in [1.807, 2.05) is 23.1 Å². The molecule has 28 heavy (non-hydrogen) atoms. The van der Waals surface area contributed by atoms with Crippen molar-refractivity contribution in [3.63, 3.8) is 0 Å². The highest BCUT2D eigenvalue weighted by Gasteiger charge is 2.31. The van der Waals surface area contributed by atoms with E-state index in [-0.39, 0.29) is 11.9 Å². The molecule has 1 aromatic carbocycles. The van der Waals surface area contributed by atoms with Crippen molar-refractivity contribution in [1.29, 1.82) is 0 Å². The molecule has 2 aromatic rings. The zero-order valence-corrected chi connectivity index (χ0v) is 16.8. The third-order valence-corrected chi connectivity index (χ3v) is 5.85. The molecule has 3 heterocycles. The summed E-state index contributed by atoms with van der Waals surface area (Å²) in [6.07, 6.45) is 5.83. The van der Waals surface area contributed by atoms with Crippen LogP contribution in [0.5, 0.6) is 0 Å². The minimum Gasteiger partial charge on any atom is -0.341 e. The van der Waals surface area contributed by atoms with Gasteiger partial charge in [0, 0.05) is 45.1 Å². The van der Waals surface area contributed by atoms with E-state index in [0.29, 0.717) is 18.0 Å². The predicted molar refractivity (Wildman–Crippen MR) is 110 cm³/mol. The van der Waals surface area contributed by atoms with Crippen molar-refractivity contribution < 1.29 is 4.79 Å². The Morgan fingerprint density at radius 1 is 1.04 bits per heavy atom. The molecule has 1 aromatic heterocycles. The van der Waals surface area contributed by atoms with Crippen LogP contribution in [0.15, 0.2) is 42.7 Å². The Morgan fingerprint density at radius 3 is 2.50 bits per heavy atom. The lowest BCUT2D eigenvalue weighted by Gasteiger charge is -2.40. The number of hydrogen-bond donors (Lipinski definition) is 0. The van der Waals surface area contributed by atoms with Gasteiger partial charge in [0.1, 0.15) is 0 Å². The maximum Gasteiger partial charge on any atom is 0.257 e. The number of carbonyl (C=O) groups excluding carboxylic acids is 1. The Labute approximate surface area is 167 Å². The molecule has 2 aliphatic heterocycles. The topological polar surface area (TPSA) is 52.6 Å². The fourth-order valence-electron chi connectivity index (χ4n) is 4.25. The first-order valence-corrected chi connectivity index (χ1v) is 10.2. The second-order valence-electron chi connectivity index (χ2n) is 8.15. The highest BCUT2D eigenvalue weighted by Crippen LogP contribution is 2.27. The molecule has 0 aliphatic carbocycles. The summed E-state index contributed by atoms with van der Waals surface area (Å²) >= 11 is 0. The molecule has 2 saturated heterocycles. The zero-order chi connectivity index (χ0) is 19.5. The van der Waals surface area contributed by atoms with E-state index < -0.39 is 0 Å². The Kier molecular flexibility index (Phi) is 5.57. The molecule has 6 nitrogen and oxygen atoms in total. The molecule has 0 spiro atoms. The van der Waals surface area contributed by atoms with Crippen LogP contribution in [0, 0.1) is 5.92 Å². The van der Waals surface area contributed by atoms with Gasteiger partial charge in [-0.15, -0.1) is 0 Å². The molecule has 0 unspecified atom stereocenters. The van der Waals surface area contributed by atoms with Crippen LogP contribution < -0.4 is 4.90 Å². The second-order valence-corrected chi connectivity index (χ2v) is 8.15. The average Bonchev–Trinajstić information content (AvgIpc) is 2.74. The number of rotatable bonds is 3. The van der Waals surface area contributed by atoms with Gasteiger partial charge in [-0.05, 0) is 31.4 Å². The van der Waals surface area contributed by atoms with Gasteiger partial charge < -0.3 is 14.7 Å². The van der Waals surface area contributed by atoms with Gasteiger partial charge in [-0.3, -0.25) is 4.79 Å². The monoisotopic (exact) mass is 379 g/mol. The van der Waals surface area contributed by atoms with Crippen molar-refractivity contribution in [2.75, 3.05) is 44.7 Å².